The van der Waals surface area contributed by atoms with Gasteiger partial charge in [-0.1, -0.05) is 24.6 Å². The summed E-state index contributed by atoms with van der Waals surface area (Å²) in [4.78, 5) is 6.26. The number of halogens is 1. The van der Waals surface area contributed by atoms with E-state index < -0.39 is 0 Å². The van der Waals surface area contributed by atoms with E-state index in [1.54, 1.807) is 0 Å². The van der Waals surface area contributed by atoms with Gasteiger partial charge < -0.3 is 10.6 Å². The lowest BCUT2D eigenvalue weighted by molar-refractivity contribution is 0.645. The lowest BCUT2D eigenvalue weighted by Gasteiger charge is -2.24. The number of rotatable bonds is 6. The van der Waals surface area contributed by atoms with Crippen molar-refractivity contribution >= 4 is 17.3 Å². The van der Waals surface area contributed by atoms with Gasteiger partial charge in [0.05, 0.1) is 0 Å². The Hall–Kier alpha value is -1.58. The molecule has 0 aliphatic heterocycles. The predicted octanol–water partition coefficient (Wildman–Crippen LogP) is 3.65. The molecule has 0 fully saturated rings. The topological polar surface area (TPSA) is 42.1 Å². The van der Waals surface area contributed by atoms with E-state index in [9.17, 15) is 0 Å². The van der Waals surface area contributed by atoms with Crippen molar-refractivity contribution in [2.45, 2.75) is 32.4 Å². The van der Waals surface area contributed by atoms with E-state index in [1.807, 2.05) is 36.7 Å². The summed E-state index contributed by atoms with van der Waals surface area (Å²) in [5.41, 5.74) is 9.60. The first-order valence-electron chi connectivity index (χ1n) is 7.24. The Kier molecular flexibility index (Phi) is 5.59. The average Bonchev–Trinajstić information content (AvgIpc) is 2.50. The van der Waals surface area contributed by atoms with Crippen LogP contribution in [0.2, 0.25) is 5.02 Å². The van der Waals surface area contributed by atoms with Crippen molar-refractivity contribution in [3.8, 4) is 0 Å². The molecule has 3 nitrogen and oxygen atoms in total. The minimum atomic E-state index is 0.137. The first-order valence-corrected chi connectivity index (χ1v) is 7.62. The summed E-state index contributed by atoms with van der Waals surface area (Å²) in [7, 11) is 2.08. The van der Waals surface area contributed by atoms with Crippen LogP contribution < -0.4 is 10.6 Å². The first kappa shape index (κ1) is 15.8. The summed E-state index contributed by atoms with van der Waals surface area (Å²) in [6.45, 7) is 2.92. The third kappa shape index (κ3) is 4.19. The zero-order chi connectivity index (χ0) is 15.2. The Balaban J connectivity index is 2.24. The van der Waals surface area contributed by atoms with Crippen LogP contribution in [0, 0.1) is 0 Å². The first-order chi connectivity index (χ1) is 10.1. The van der Waals surface area contributed by atoms with Crippen LogP contribution in [0.3, 0.4) is 0 Å². The molecule has 1 atom stereocenters. The van der Waals surface area contributed by atoms with E-state index in [2.05, 4.69) is 29.9 Å². The molecule has 0 amide bonds. The van der Waals surface area contributed by atoms with Crippen molar-refractivity contribution in [3.63, 3.8) is 0 Å². The van der Waals surface area contributed by atoms with Gasteiger partial charge in [0.2, 0.25) is 0 Å². The number of hydrogen-bond acceptors (Lipinski definition) is 3. The molecule has 1 heterocycles. The maximum atomic E-state index is 6.39. The normalized spacial score (nSPS) is 12.2. The second-order valence-electron chi connectivity index (χ2n) is 5.32. The van der Waals surface area contributed by atoms with Crippen LogP contribution >= 0.6 is 11.6 Å². The highest BCUT2D eigenvalue weighted by Gasteiger charge is 2.13. The number of nitrogens with zero attached hydrogens (tertiary/aromatic N) is 2. The van der Waals surface area contributed by atoms with Gasteiger partial charge in [-0.2, -0.15) is 0 Å². The number of hydrogen-bond donors (Lipinski definition) is 1. The minimum Gasteiger partial charge on any atom is -0.370 e. The summed E-state index contributed by atoms with van der Waals surface area (Å²) >= 11 is 6.39. The van der Waals surface area contributed by atoms with Gasteiger partial charge in [0, 0.05) is 42.7 Å². The van der Waals surface area contributed by atoms with Crippen molar-refractivity contribution in [1.29, 1.82) is 0 Å². The van der Waals surface area contributed by atoms with Crippen LogP contribution in [0.4, 0.5) is 5.69 Å². The van der Waals surface area contributed by atoms with Gasteiger partial charge >= 0.3 is 0 Å². The van der Waals surface area contributed by atoms with Gasteiger partial charge in [0.25, 0.3) is 0 Å². The molecule has 1 unspecified atom stereocenters. The van der Waals surface area contributed by atoms with E-state index in [1.165, 1.54) is 5.56 Å². The van der Waals surface area contributed by atoms with Crippen LogP contribution in [0.1, 0.15) is 24.5 Å². The lowest BCUT2D eigenvalue weighted by Crippen LogP contribution is -2.24. The monoisotopic (exact) mass is 303 g/mol. The molecule has 0 saturated carbocycles. The third-order valence-electron chi connectivity index (χ3n) is 3.67. The molecular weight excluding hydrogens is 282 g/mol. The van der Waals surface area contributed by atoms with E-state index >= 15 is 0 Å². The van der Waals surface area contributed by atoms with Crippen LogP contribution in [0.25, 0.3) is 0 Å². The van der Waals surface area contributed by atoms with Gasteiger partial charge in [-0.3, -0.25) is 4.98 Å². The zero-order valence-electron chi connectivity index (χ0n) is 12.6. The SMILES string of the molecule is CCC(N)Cc1c(Cl)cccc1N(C)Cc1ccncc1. The molecule has 0 aliphatic carbocycles. The Labute approximate surface area is 131 Å². The fourth-order valence-electron chi connectivity index (χ4n) is 2.36. The molecule has 0 spiro atoms. The number of aromatic nitrogens is 1. The van der Waals surface area contributed by atoms with Crippen molar-refractivity contribution in [1.82, 2.24) is 4.98 Å². The largest absolute Gasteiger partial charge is 0.370 e. The van der Waals surface area contributed by atoms with Crippen molar-refractivity contribution < 1.29 is 0 Å². The molecule has 2 rings (SSSR count). The van der Waals surface area contributed by atoms with Gasteiger partial charge in [0.1, 0.15) is 0 Å². The highest BCUT2D eigenvalue weighted by Crippen LogP contribution is 2.29. The maximum absolute atomic E-state index is 6.39. The number of pyridine rings is 1. The van der Waals surface area contributed by atoms with Crippen LogP contribution in [-0.2, 0) is 13.0 Å². The van der Waals surface area contributed by atoms with Crippen molar-refractivity contribution in [2.75, 3.05) is 11.9 Å². The van der Waals surface area contributed by atoms with Gasteiger partial charge in [0.15, 0.2) is 0 Å². The molecule has 112 valence electrons. The molecule has 0 radical (unpaired) electrons. The van der Waals surface area contributed by atoms with E-state index in [-0.39, 0.29) is 6.04 Å². The summed E-state index contributed by atoms with van der Waals surface area (Å²) in [6, 6.07) is 10.2. The van der Waals surface area contributed by atoms with Gasteiger partial charge in [-0.25, -0.2) is 0 Å². The van der Waals surface area contributed by atoms with E-state index in [4.69, 9.17) is 17.3 Å². The predicted molar refractivity (Wildman–Crippen MR) is 89.8 cm³/mol. The molecule has 21 heavy (non-hydrogen) atoms. The zero-order valence-corrected chi connectivity index (χ0v) is 13.3. The number of anilines is 1. The summed E-state index contributed by atoms with van der Waals surface area (Å²) in [5.74, 6) is 0. The number of nitrogens with two attached hydrogens (primary N) is 1. The van der Waals surface area contributed by atoms with Crippen LogP contribution in [-0.4, -0.2) is 18.1 Å². The Morgan fingerprint density at radius 3 is 2.62 bits per heavy atom. The third-order valence-corrected chi connectivity index (χ3v) is 4.02. The van der Waals surface area contributed by atoms with Gasteiger partial charge in [-0.15, -0.1) is 0 Å². The lowest BCUT2D eigenvalue weighted by atomic mass is 10.0. The van der Waals surface area contributed by atoms with Crippen LogP contribution in [0.15, 0.2) is 42.7 Å². The Morgan fingerprint density at radius 2 is 1.95 bits per heavy atom. The molecular formula is C17H22ClN3. The molecule has 0 saturated heterocycles. The summed E-state index contributed by atoms with van der Waals surface area (Å²) < 4.78 is 0. The van der Waals surface area contributed by atoms with Crippen molar-refractivity contribution in [3.05, 3.63) is 58.9 Å². The Morgan fingerprint density at radius 1 is 1.24 bits per heavy atom. The molecule has 0 aliphatic rings. The Bertz CT molecular complexity index is 572. The van der Waals surface area contributed by atoms with Crippen molar-refractivity contribution in [2.24, 2.45) is 5.73 Å². The molecule has 0 bridgehead atoms. The summed E-state index contributed by atoms with van der Waals surface area (Å²) in [6.07, 6.45) is 5.37. The molecule has 2 N–H and O–H groups in total. The fraction of sp³-hybridized carbons (Fsp3) is 0.353. The highest BCUT2D eigenvalue weighted by molar-refractivity contribution is 6.31. The smallest absolute Gasteiger partial charge is 0.0459 e. The highest BCUT2D eigenvalue weighted by atomic mass is 35.5. The van der Waals surface area contributed by atoms with E-state index in [0.717, 1.165) is 35.7 Å². The second kappa shape index (κ2) is 7.43. The van der Waals surface area contributed by atoms with Crippen LogP contribution in [0.5, 0.6) is 0 Å². The minimum absolute atomic E-state index is 0.137. The standard InChI is InChI=1S/C17H22ClN3/c1-3-14(19)11-15-16(18)5-4-6-17(15)21(2)12-13-7-9-20-10-8-13/h4-10,14H,3,11-12,19H2,1-2H3. The van der Waals surface area contributed by atoms with Gasteiger partial charge in [-0.05, 0) is 48.2 Å². The second-order valence-corrected chi connectivity index (χ2v) is 5.73. The summed E-state index contributed by atoms with van der Waals surface area (Å²) in [5, 5.41) is 0.790. The van der Waals surface area contributed by atoms with E-state index in [0.29, 0.717) is 0 Å². The number of benzene rings is 1. The maximum Gasteiger partial charge on any atom is 0.0459 e. The fourth-order valence-corrected chi connectivity index (χ4v) is 2.61. The quantitative estimate of drug-likeness (QED) is 0.885. The molecule has 2 aromatic rings. The molecule has 4 heteroatoms. The molecule has 1 aromatic carbocycles. The molecule has 1 aromatic heterocycles. The average molecular weight is 304 g/mol.